The van der Waals surface area contributed by atoms with Gasteiger partial charge in [0.2, 0.25) is 10.0 Å². The fourth-order valence-corrected chi connectivity index (χ4v) is 4.29. The maximum atomic E-state index is 13.2. The van der Waals surface area contributed by atoms with E-state index in [-0.39, 0.29) is 25.9 Å². The van der Waals surface area contributed by atoms with Crippen LogP contribution in [0.1, 0.15) is 33.6 Å². The first kappa shape index (κ1) is 27.0. The summed E-state index contributed by atoms with van der Waals surface area (Å²) in [5.74, 6) is -0.789. The largest absolute Gasteiger partial charge is 0.467 e. The average Bonchev–Trinajstić information content (AvgIpc) is 2.70. The van der Waals surface area contributed by atoms with E-state index in [1.165, 1.54) is 18.2 Å². The van der Waals surface area contributed by atoms with Crippen molar-refractivity contribution in [1.82, 2.24) is 9.62 Å². The SMILES string of the molecule is C=CCCN(CC[C@H](NC(=O)OC(C)(C)C)C(=O)OC)S(=O)(=O)c1ccccc1[N+](=O)[O-]. The molecule has 1 aromatic rings. The van der Waals surface area contributed by atoms with E-state index in [9.17, 15) is 28.1 Å². The monoisotopic (exact) mass is 471 g/mol. The van der Waals surface area contributed by atoms with Crippen molar-refractivity contribution in [3.63, 3.8) is 0 Å². The van der Waals surface area contributed by atoms with Crippen molar-refractivity contribution in [3.8, 4) is 0 Å². The summed E-state index contributed by atoms with van der Waals surface area (Å²) >= 11 is 0. The van der Waals surface area contributed by atoms with Gasteiger partial charge in [-0.25, -0.2) is 18.0 Å². The second-order valence-corrected chi connectivity index (χ2v) is 9.62. The maximum absolute atomic E-state index is 13.2. The lowest BCUT2D eigenvalue weighted by Gasteiger charge is -2.25. The number of nitrogens with one attached hydrogen (secondary N) is 1. The van der Waals surface area contributed by atoms with Crippen molar-refractivity contribution >= 4 is 27.8 Å². The summed E-state index contributed by atoms with van der Waals surface area (Å²) in [6, 6.07) is 3.79. The average molecular weight is 472 g/mol. The molecule has 0 heterocycles. The molecule has 0 aromatic heterocycles. The summed E-state index contributed by atoms with van der Waals surface area (Å²) in [6.07, 6.45) is 0.746. The van der Waals surface area contributed by atoms with Crippen LogP contribution in [0, 0.1) is 10.1 Å². The molecule has 1 aromatic carbocycles. The van der Waals surface area contributed by atoms with Crippen LogP contribution < -0.4 is 5.32 Å². The van der Waals surface area contributed by atoms with Crippen LogP contribution in [0.25, 0.3) is 0 Å². The number of sulfonamides is 1. The van der Waals surface area contributed by atoms with Gasteiger partial charge in [-0.2, -0.15) is 4.31 Å². The highest BCUT2D eigenvalue weighted by atomic mass is 32.2. The molecule has 0 fully saturated rings. The van der Waals surface area contributed by atoms with E-state index < -0.39 is 49.2 Å². The van der Waals surface area contributed by atoms with E-state index >= 15 is 0 Å². The van der Waals surface area contributed by atoms with E-state index in [0.717, 1.165) is 23.5 Å². The molecule has 0 saturated heterocycles. The number of para-hydroxylation sites is 1. The number of esters is 1. The molecule has 0 radical (unpaired) electrons. The fourth-order valence-electron chi connectivity index (χ4n) is 2.67. The van der Waals surface area contributed by atoms with Crippen LogP contribution >= 0.6 is 0 Å². The molecule has 0 saturated carbocycles. The van der Waals surface area contributed by atoms with Crippen LogP contribution in [0.4, 0.5) is 10.5 Å². The number of amides is 1. The van der Waals surface area contributed by atoms with Gasteiger partial charge in [0.15, 0.2) is 4.90 Å². The topological polar surface area (TPSA) is 145 Å². The zero-order valence-electron chi connectivity index (χ0n) is 18.6. The molecule has 0 spiro atoms. The smallest absolute Gasteiger partial charge is 0.408 e. The van der Waals surface area contributed by atoms with Gasteiger partial charge in [-0.05, 0) is 39.7 Å². The molecule has 11 nitrogen and oxygen atoms in total. The number of nitro groups is 1. The van der Waals surface area contributed by atoms with E-state index in [4.69, 9.17) is 9.47 Å². The number of hydrogen-bond acceptors (Lipinski definition) is 8. The Kier molecular flexibility index (Phi) is 9.79. The molecule has 0 aliphatic carbocycles. The normalized spacial score (nSPS) is 12.7. The first-order valence-electron chi connectivity index (χ1n) is 9.75. The molecule has 178 valence electrons. The Morgan fingerprint density at radius 1 is 1.28 bits per heavy atom. The number of rotatable bonds is 11. The number of ether oxygens (including phenoxy) is 2. The Hall–Kier alpha value is -2.99. The summed E-state index contributed by atoms with van der Waals surface area (Å²) in [6.45, 7) is 8.26. The minimum Gasteiger partial charge on any atom is -0.467 e. The Bertz CT molecular complexity index is 940. The molecular weight excluding hydrogens is 442 g/mol. The summed E-state index contributed by atoms with van der Waals surface area (Å²) in [4.78, 5) is 34.3. The van der Waals surface area contributed by atoms with Crippen LogP contribution in [-0.4, -0.2) is 61.6 Å². The lowest BCUT2D eigenvalue weighted by Crippen LogP contribution is -2.46. The molecule has 1 amide bonds. The third-order valence-corrected chi connectivity index (χ3v) is 6.05. The van der Waals surface area contributed by atoms with Crippen molar-refractivity contribution in [2.45, 2.75) is 50.2 Å². The molecule has 32 heavy (non-hydrogen) atoms. The number of carbonyl (C=O) groups excluding carboxylic acids is 2. The van der Waals surface area contributed by atoms with Gasteiger partial charge in [-0.1, -0.05) is 18.2 Å². The number of benzene rings is 1. The highest BCUT2D eigenvalue weighted by Crippen LogP contribution is 2.26. The van der Waals surface area contributed by atoms with Gasteiger partial charge in [0, 0.05) is 19.2 Å². The Balaban J connectivity index is 3.16. The van der Waals surface area contributed by atoms with E-state index in [1.807, 2.05) is 0 Å². The van der Waals surface area contributed by atoms with Crippen molar-refractivity contribution in [1.29, 1.82) is 0 Å². The van der Waals surface area contributed by atoms with Gasteiger partial charge in [-0.3, -0.25) is 10.1 Å². The van der Waals surface area contributed by atoms with Gasteiger partial charge < -0.3 is 14.8 Å². The molecule has 0 unspecified atom stereocenters. The van der Waals surface area contributed by atoms with Crippen LogP contribution in [-0.2, 0) is 24.3 Å². The third kappa shape index (κ3) is 7.93. The molecule has 12 heteroatoms. The van der Waals surface area contributed by atoms with Crippen LogP contribution in [0.2, 0.25) is 0 Å². The van der Waals surface area contributed by atoms with Crippen LogP contribution in [0.3, 0.4) is 0 Å². The van der Waals surface area contributed by atoms with Crippen molar-refractivity contribution in [3.05, 3.63) is 47.0 Å². The number of methoxy groups -OCH3 is 1. The van der Waals surface area contributed by atoms with Crippen molar-refractivity contribution in [2.75, 3.05) is 20.2 Å². The third-order valence-electron chi connectivity index (χ3n) is 4.11. The predicted molar refractivity (Wildman–Crippen MR) is 116 cm³/mol. The van der Waals surface area contributed by atoms with Gasteiger partial charge in [0.25, 0.3) is 5.69 Å². The molecule has 0 aliphatic heterocycles. The lowest BCUT2D eigenvalue weighted by molar-refractivity contribution is -0.387. The fraction of sp³-hybridized carbons (Fsp3) is 0.500. The summed E-state index contributed by atoms with van der Waals surface area (Å²) in [5, 5.41) is 13.7. The quantitative estimate of drug-likeness (QED) is 0.224. The van der Waals surface area contributed by atoms with Gasteiger partial charge in [-0.15, -0.1) is 6.58 Å². The van der Waals surface area contributed by atoms with Crippen molar-refractivity contribution in [2.24, 2.45) is 0 Å². The van der Waals surface area contributed by atoms with Gasteiger partial charge in [0.1, 0.15) is 11.6 Å². The van der Waals surface area contributed by atoms with E-state index in [2.05, 4.69) is 11.9 Å². The summed E-state index contributed by atoms with van der Waals surface area (Å²) in [5.41, 5.74) is -1.37. The summed E-state index contributed by atoms with van der Waals surface area (Å²) in [7, 11) is -3.16. The highest BCUT2D eigenvalue weighted by Gasteiger charge is 2.33. The van der Waals surface area contributed by atoms with Gasteiger partial charge >= 0.3 is 12.1 Å². The molecule has 0 aliphatic rings. The van der Waals surface area contributed by atoms with Gasteiger partial charge in [0.05, 0.1) is 12.0 Å². The molecular formula is C20H29N3O8S. The zero-order valence-corrected chi connectivity index (χ0v) is 19.4. The first-order chi connectivity index (χ1) is 14.8. The highest BCUT2D eigenvalue weighted by molar-refractivity contribution is 7.89. The van der Waals surface area contributed by atoms with Crippen LogP contribution in [0.15, 0.2) is 41.8 Å². The predicted octanol–water partition coefficient (Wildman–Crippen LogP) is 2.62. The number of nitro benzene ring substituents is 1. The van der Waals surface area contributed by atoms with Crippen molar-refractivity contribution < 1.29 is 32.4 Å². The molecule has 0 bridgehead atoms. The van der Waals surface area contributed by atoms with E-state index in [1.54, 1.807) is 20.8 Å². The maximum Gasteiger partial charge on any atom is 0.408 e. The zero-order chi connectivity index (χ0) is 24.5. The standard InChI is InChI=1S/C20H29N3O8S/c1-6-7-13-22(32(28,29)17-11-9-8-10-16(17)23(26)27)14-12-15(18(24)30-5)21-19(25)31-20(2,3)4/h6,8-11,15H,1,7,12-14H2,2-5H3,(H,21,25)/t15-/m0/s1. The molecule has 1 N–H and O–H groups in total. The second-order valence-electron chi connectivity index (χ2n) is 7.72. The van der Waals surface area contributed by atoms with Crippen LogP contribution in [0.5, 0.6) is 0 Å². The Morgan fingerprint density at radius 2 is 1.91 bits per heavy atom. The first-order valence-corrected chi connectivity index (χ1v) is 11.2. The summed E-state index contributed by atoms with van der Waals surface area (Å²) < 4.78 is 37.2. The Labute approximate surface area is 187 Å². The second kappa shape index (κ2) is 11.6. The minimum absolute atomic E-state index is 0.0296. The minimum atomic E-state index is -4.29. The molecule has 1 atom stereocenters. The number of alkyl carbamates (subject to hydrolysis) is 1. The molecule has 1 rings (SSSR count). The number of hydrogen-bond donors (Lipinski definition) is 1. The number of nitrogens with zero attached hydrogens (tertiary/aromatic N) is 2. The number of carbonyl (C=O) groups is 2. The lowest BCUT2D eigenvalue weighted by atomic mass is 10.2. The van der Waals surface area contributed by atoms with E-state index in [0.29, 0.717) is 0 Å². The Morgan fingerprint density at radius 3 is 2.44 bits per heavy atom.